The summed E-state index contributed by atoms with van der Waals surface area (Å²) >= 11 is 0. The first-order chi connectivity index (χ1) is 19.9. The number of aryl methyl sites for hydroxylation is 2. The molecule has 3 aromatic rings. The van der Waals surface area contributed by atoms with E-state index in [0.29, 0.717) is 15.9 Å². The van der Waals surface area contributed by atoms with Gasteiger partial charge in [0.05, 0.1) is 16.1 Å². The Bertz CT molecular complexity index is 1550. The van der Waals surface area contributed by atoms with Crippen molar-refractivity contribution in [3.05, 3.63) is 95.1 Å². The lowest BCUT2D eigenvalue weighted by atomic mass is 10.0. The largest absolute Gasteiger partial charge is 0.416 e. The van der Waals surface area contributed by atoms with Gasteiger partial charge in [0.25, 0.3) is 10.0 Å². The molecule has 11 heteroatoms. The fraction of sp³-hybridized carbons (Fsp3) is 0.375. The first kappa shape index (κ1) is 33.6. The Morgan fingerprint density at radius 3 is 2.07 bits per heavy atom. The van der Waals surface area contributed by atoms with Gasteiger partial charge in [-0.3, -0.25) is 13.9 Å². The van der Waals surface area contributed by atoms with Gasteiger partial charge >= 0.3 is 6.18 Å². The van der Waals surface area contributed by atoms with Gasteiger partial charge < -0.3 is 10.2 Å². The predicted molar refractivity (Wildman–Crippen MR) is 161 cm³/mol. The van der Waals surface area contributed by atoms with Gasteiger partial charge in [-0.2, -0.15) is 13.2 Å². The van der Waals surface area contributed by atoms with Crippen molar-refractivity contribution in [3.63, 3.8) is 0 Å². The van der Waals surface area contributed by atoms with E-state index in [0.717, 1.165) is 23.3 Å². The number of hydrogen-bond donors (Lipinski definition) is 1. The van der Waals surface area contributed by atoms with E-state index in [1.165, 1.54) is 23.1 Å². The van der Waals surface area contributed by atoms with E-state index >= 15 is 0 Å². The number of benzene rings is 3. The van der Waals surface area contributed by atoms with Crippen molar-refractivity contribution in [3.8, 4) is 0 Å². The first-order valence-electron chi connectivity index (χ1n) is 13.9. The Balaban J connectivity index is 2.14. The summed E-state index contributed by atoms with van der Waals surface area (Å²) in [5, 5.41) is 2.88. The number of carbonyl (C=O) groups is 2. The van der Waals surface area contributed by atoms with Gasteiger partial charge in [0.2, 0.25) is 11.8 Å². The van der Waals surface area contributed by atoms with Crippen LogP contribution in [0.25, 0.3) is 0 Å². The van der Waals surface area contributed by atoms with Crippen molar-refractivity contribution in [2.45, 2.75) is 77.2 Å². The van der Waals surface area contributed by atoms with E-state index in [9.17, 15) is 31.2 Å². The van der Waals surface area contributed by atoms with Crippen LogP contribution >= 0.6 is 0 Å². The monoisotopic (exact) mass is 617 g/mol. The summed E-state index contributed by atoms with van der Waals surface area (Å²) in [6.07, 6.45) is -4.53. The molecule has 1 atom stereocenters. The van der Waals surface area contributed by atoms with Crippen LogP contribution in [-0.4, -0.2) is 43.3 Å². The fourth-order valence-corrected chi connectivity index (χ4v) is 5.99. The molecule has 3 rings (SSSR count). The summed E-state index contributed by atoms with van der Waals surface area (Å²) < 4.78 is 69.5. The zero-order valence-corrected chi connectivity index (χ0v) is 26.0. The van der Waals surface area contributed by atoms with Crippen molar-refractivity contribution < 1.29 is 31.2 Å². The Morgan fingerprint density at radius 2 is 1.51 bits per heavy atom. The summed E-state index contributed by atoms with van der Waals surface area (Å²) in [6.45, 7) is 9.93. The van der Waals surface area contributed by atoms with E-state index in [2.05, 4.69) is 5.32 Å². The molecule has 0 bridgehead atoms. The molecule has 2 amide bonds. The van der Waals surface area contributed by atoms with E-state index in [1.54, 1.807) is 58.9 Å². The van der Waals surface area contributed by atoms with Crippen LogP contribution in [0.1, 0.15) is 56.4 Å². The van der Waals surface area contributed by atoms with Crippen LogP contribution in [0, 0.1) is 13.8 Å². The molecule has 1 N–H and O–H groups in total. The standard InChI is InChI=1S/C32H38F3N3O4S/c1-7-28(30(40)36-31(4,5)6)37(20-24-11-8-10-23(3)18-24)29(39)21-38(26-13-9-12-25(19-26)32(33,34)35)43(41,42)27-16-14-22(2)15-17-27/h8-19,28H,7,20-21H2,1-6H3,(H,36,40)/t28-/m0/s1. The maximum atomic E-state index is 14.1. The molecule has 3 aromatic carbocycles. The molecule has 0 aliphatic carbocycles. The highest BCUT2D eigenvalue weighted by molar-refractivity contribution is 7.92. The number of carbonyl (C=O) groups excluding carboxylic acids is 2. The van der Waals surface area contributed by atoms with E-state index in [4.69, 9.17) is 0 Å². The lowest BCUT2D eigenvalue weighted by molar-refractivity contribution is -0.141. The fourth-order valence-electron chi connectivity index (χ4n) is 4.58. The highest BCUT2D eigenvalue weighted by atomic mass is 32.2. The maximum Gasteiger partial charge on any atom is 0.416 e. The minimum absolute atomic E-state index is 0.0163. The number of rotatable bonds is 10. The number of nitrogens with one attached hydrogen (secondary N) is 1. The van der Waals surface area contributed by atoms with E-state index in [1.807, 2.05) is 19.1 Å². The maximum absolute atomic E-state index is 14.1. The number of hydrogen-bond acceptors (Lipinski definition) is 4. The van der Waals surface area contributed by atoms with Crippen LogP contribution in [0.3, 0.4) is 0 Å². The molecule has 0 aliphatic rings. The third kappa shape index (κ3) is 8.82. The minimum atomic E-state index is -4.74. The molecule has 7 nitrogen and oxygen atoms in total. The molecule has 0 radical (unpaired) electrons. The summed E-state index contributed by atoms with van der Waals surface area (Å²) in [4.78, 5) is 28.6. The molecule has 0 fully saturated rings. The highest BCUT2D eigenvalue weighted by Crippen LogP contribution is 2.33. The summed E-state index contributed by atoms with van der Waals surface area (Å²) in [5.41, 5.74) is 0.412. The molecule has 0 heterocycles. The summed E-state index contributed by atoms with van der Waals surface area (Å²) in [5.74, 6) is -1.17. The smallest absolute Gasteiger partial charge is 0.350 e. The van der Waals surface area contributed by atoms with Crippen LogP contribution in [0.2, 0.25) is 0 Å². The number of alkyl halides is 3. The SMILES string of the molecule is CC[C@@H](C(=O)NC(C)(C)C)N(Cc1cccc(C)c1)C(=O)CN(c1cccc(C(F)(F)F)c1)S(=O)(=O)c1ccc(C)cc1. The normalized spacial score (nSPS) is 12.9. The lowest BCUT2D eigenvalue weighted by Crippen LogP contribution is -2.55. The van der Waals surface area contributed by atoms with Gasteiger partial charge in [-0.05, 0) is 76.9 Å². The van der Waals surface area contributed by atoms with Crippen LogP contribution < -0.4 is 9.62 Å². The Kier molecular flexibility index (Phi) is 10.3. The van der Waals surface area contributed by atoms with Gasteiger partial charge in [-0.25, -0.2) is 8.42 Å². The minimum Gasteiger partial charge on any atom is -0.350 e. The van der Waals surface area contributed by atoms with Crippen molar-refractivity contribution in [1.29, 1.82) is 0 Å². The highest BCUT2D eigenvalue weighted by Gasteiger charge is 2.36. The van der Waals surface area contributed by atoms with Crippen LogP contribution in [0.15, 0.2) is 77.7 Å². The van der Waals surface area contributed by atoms with Crippen molar-refractivity contribution in [2.24, 2.45) is 0 Å². The van der Waals surface area contributed by atoms with Gasteiger partial charge in [0.1, 0.15) is 12.6 Å². The number of sulfonamides is 1. The van der Waals surface area contributed by atoms with Gasteiger partial charge in [0, 0.05) is 12.1 Å². The molecular formula is C32H38F3N3O4S. The van der Waals surface area contributed by atoms with Gasteiger partial charge in [0.15, 0.2) is 0 Å². The molecule has 0 unspecified atom stereocenters. The second-order valence-corrected chi connectivity index (χ2v) is 13.4. The third-order valence-corrected chi connectivity index (χ3v) is 8.46. The number of nitrogens with zero attached hydrogens (tertiary/aromatic N) is 2. The molecule has 0 saturated heterocycles. The predicted octanol–water partition coefficient (Wildman–Crippen LogP) is 6.24. The first-order valence-corrected chi connectivity index (χ1v) is 15.3. The number of anilines is 1. The quantitative estimate of drug-likeness (QED) is 0.292. The average molecular weight is 618 g/mol. The number of halogens is 3. The second kappa shape index (κ2) is 13.2. The second-order valence-electron chi connectivity index (χ2n) is 11.5. The summed E-state index contributed by atoms with van der Waals surface area (Å²) in [6, 6.07) is 16.0. The van der Waals surface area contributed by atoms with E-state index in [-0.39, 0.29) is 23.5 Å². The zero-order valence-electron chi connectivity index (χ0n) is 25.2. The third-order valence-electron chi connectivity index (χ3n) is 6.67. The van der Waals surface area contributed by atoms with Crippen molar-refractivity contribution in [2.75, 3.05) is 10.8 Å². The van der Waals surface area contributed by atoms with Gasteiger partial charge in [-0.1, -0.05) is 60.5 Å². The average Bonchev–Trinajstić information content (AvgIpc) is 2.90. The Morgan fingerprint density at radius 1 is 0.884 bits per heavy atom. The summed E-state index contributed by atoms with van der Waals surface area (Å²) in [7, 11) is -4.50. The lowest BCUT2D eigenvalue weighted by Gasteiger charge is -2.35. The topological polar surface area (TPSA) is 86.8 Å². The van der Waals surface area contributed by atoms with Crippen LogP contribution in [0.4, 0.5) is 18.9 Å². The molecule has 43 heavy (non-hydrogen) atoms. The van der Waals surface area contributed by atoms with Crippen molar-refractivity contribution in [1.82, 2.24) is 10.2 Å². The van der Waals surface area contributed by atoms with Gasteiger partial charge in [-0.15, -0.1) is 0 Å². The van der Waals surface area contributed by atoms with Crippen LogP contribution in [0.5, 0.6) is 0 Å². The molecular weight excluding hydrogens is 579 g/mol. The number of amides is 2. The van der Waals surface area contributed by atoms with Crippen LogP contribution in [-0.2, 0) is 32.3 Å². The Hall–Kier alpha value is -3.86. The molecule has 0 saturated carbocycles. The Labute approximate surface area is 251 Å². The zero-order chi connectivity index (χ0) is 32.2. The van der Waals surface area contributed by atoms with E-state index < -0.39 is 51.7 Å². The molecule has 0 aliphatic heterocycles. The van der Waals surface area contributed by atoms with Crippen molar-refractivity contribution >= 4 is 27.5 Å². The molecule has 0 spiro atoms. The molecule has 232 valence electrons. The molecule has 0 aromatic heterocycles.